The van der Waals surface area contributed by atoms with E-state index >= 15 is 0 Å². The highest BCUT2D eigenvalue weighted by Crippen LogP contribution is 2.40. The Bertz CT molecular complexity index is 727. The minimum atomic E-state index is -1.81. The summed E-state index contributed by atoms with van der Waals surface area (Å²) in [5, 5.41) is 3.58. The van der Waals surface area contributed by atoms with Crippen molar-refractivity contribution < 1.29 is 9.59 Å². The molecule has 5 heteroatoms. The summed E-state index contributed by atoms with van der Waals surface area (Å²) >= 11 is 0. The quantitative estimate of drug-likeness (QED) is 0.360. The Morgan fingerprint density at radius 3 is 1.85 bits per heavy atom. The molecular weight excluding hydrogens is 254 g/mol. The predicted molar refractivity (Wildman–Crippen MR) is 72.4 cm³/mol. The summed E-state index contributed by atoms with van der Waals surface area (Å²) in [4.78, 5) is 28.0. The van der Waals surface area contributed by atoms with Crippen LogP contribution in [0.1, 0.15) is 26.3 Å². The summed E-state index contributed by atoms with van der Waals surface area (Å²) in [6.45, 7) is 0. The van der Waals surface area contributed by atoms with Crippen molar-refractivity contribution in [3.05, 3.63) is 81.7 Å². The molecule has 0 spiro atoms. The summed E-state index contributed by atoms with van der Waals surface area (Å²) in [6, 6.07) is 14.9. The Kier molecular flexibility index (Phi) is 2.63. The van der Waals surface area contributed by atoms with E-state index < -0.39 is 17.1 Å². The van der Waals surface area contributed by atoms with Crippen molar-refractivity contribution in [2.75, 3.05) is 0 Å². The van der Waals surface area contributed by atoms with Crippen LogP contribution < -0.4 is 0 Å². The number of carbonyl (C=O) groups excluding carboxylic acids is 2. The summed E-state index contributed by atoms with van der Waals surface area (Å²) in [5.74, 6) is -0.941. The van der Waals surface area contributed by atoms with Crippen molar-refractivity contribution in [3.8, 4) is 0 Å². The van der Waals surface area contributed by atoms with Crippen molar-refractivity contribution in [2.45, 2.75) is 5.54 Å². The standard InChI is InChI=1S/C15H9N3O2/c16-18-17-15(10-6-2-1-3-7-10)13(19)11-8-4-5-9-12(11)14(15)20/h1-9H. The molecule has 0 saturated carbocycles. The van der Waals surface area contributed by atoms with Crippen LogP contribution in [0.25, 0.3) is 10.4 Å². The molecule has 1 aliphatic rings. The highest BCUT2D eigenvalue weighted by Gasteiger charge is 2.53. The zero-order valence-corrected chi connectivity index (χ0v) is 10.4. The van der Waals surface area contributed by atoms with E-state index in [4.69, 9.17) is 5.53 Å². The van der Waals surface area contributed by atoms with Gasteiger partial charge in [-0.05, 0) is 11.1 Å². The SMILES string of the molecule is [N-]=[N+]=NC1(c2ccccc2)C(=O)c2ccccc2C1=O. The molecule has 96 valence electrons. The molecule has 0 aliphatic heterocycles. The van der Waals surface area contributed by atoms with E-state index in [0.717, 1.165) is 0 Å². The maximum absolute atomic E-state index is 12.6. The fraction of sp³-hybridized carbons (Fsp3) is 0.0667. The van der Waals surface area contributed by atoms with Crippen LogP contribution >= 0.6 is 0 Å². The Morgan fingerprint density at radius 2 is 1.35 bits per heavy atom. The van der Waals surface area contributed by atoms with Gasteiger partial charge in [-0.15, -0.1) is 0 Å². The Balaban J connectivity index is 2.33. The molecule has 0 N–H and O–H groups in total. The lowest BCUT2D eigenvalue weighted by molar-refractivity contribution is 0.0799. The van der Waals surface area contributed by atoms with Crippen molar-refractivity contribution >= 4 is 11.6 Å². The Morgan fingerprint density at radius 1 is 0.850 bits per heavy atom. The van der Waals surface area contributed by atoms with E-state index in [-0.39, 0.29) is 0 Å². The maximum atomic E-state index is 12.6. The fourth-order valence-corrected chi connectivity index (χ4v) is 2.53. The molecular formula is C15H9N3O2. The molecule has 2 aromatic rings. The van der Waals surface area contributed by atoms with Gasteiger partial charge in [0.1, 0.15) is 0 Å². The molecule has 20 heavy (non-hydrogen) atoms. The zero-order chi connectivity index (χ0) is 14.2. The molecule has 0 saturated heterocycles. The number of benzene rings is 2. The van der Waals surface area contributed by atoms with Gasteiger partial charge in [0.05, 0.1) is 0 Å². The van der Waals surface area contributed by atoms with E-state index in [2.05, 4.69) is 10.0 Å². The molecule has 0 atom stereocenters. The number of hydrogen-bond donors (Lipinski definition) is 0. The van der Waals surface area contributed by atoms with Gasteiger partial charge in [0.15, 0.2) is 17.1 Å². The van der Waals surface area contributed by atoms with Gasteiger partial charge in [0, 0.05) is 16.0 Å². The van der Waals surface area contributed by atoms with Gasteiger partial charge in [-0.25, -0.2) is 0 Å². The van der Waals surface area contributed by atoms with E-state index in [1.165, 1.54) is 0 Å². The van der Waals surface area contributed by atoms with Gasteiger partial charge in [-0.3, -0.25) is 9.59 Å². The van der Waals surface area contributed by atoms with Gasteiger partial charge in [0.2, 0.25) is 0 Å². The summed E-state index contributed by atoms with van der Waals surface area (Å²) in [5.41, 5.74) is 8.01. The third-order valence-corrected chi connectivity index (χ3v) is 3.46. The largest absolute Gasteiger partial charge is 0.292 e. The number of Topliss-reactive ketones (excluding diaryl/α,β-unsaturated/α-hetero) is 2. The number of ketones is 2. The van der Waals surface area contributed by atoms with Crippen LogP contribution in [-0.4, -0.2) is 11.6 Å². The number of carbonyl (C=O) groups is 2. The van der Waals surface area contributed by atoms with Gasteiger partial charge < -0.3 is 0 Å². The van der Waals surface area contributed by atoms with Crippen molar-refractivity contribution in [1.29, 1.82) is 0 Å². The minimum Gasteiger partial charge on any atom is -0.292 e. The highest BCUT2D eigenvalue weighted by molar-refractivity contribution is 6.33. The molecule has 2 aromatic carbocycles. The summed E-state index contributed by atoms with van der Waals surface area (Å²) in [7, 11) is 0. The second-order valence-corrected chi connectivity index (χ2v) is 4.47. The summed E-state index contributed by atoms with van der Waals surface area (Å²) in [6.07, 6.45) is 0. The normalized spacial score (nSPS) is 15.6. The molecule has 0 amide bonds. The molecule has 5 nitrogen and oxygen atoms in total. The Hall–Kier alpha value is -2.91. The molecule has 0 heterocycles. The van der Waals surface area contributed by atoms with Gasteiger partial charge >= 0.3 is 0 Å². The number of nitrogens with zero attached hydrogens (tertiary/aromatic N) is 3. The maximum Gasteiger partial charge on any atom is 0.199 e. The van der Waals surface area contributed by atoms with Gasteiger partial charge in [0.25, 0.3) is 0 Å². The summed E-state index contributed by atoms with van der Waals surface area (Å²) < 4.78 is 0. The Labute approximate surface area is 114 Å². The first-order chi connectivity index (χ1) is 9.71. The van der Waals surface area contributed by atoms with Crippen LogP contribution in [0.2, 0.25) is 0 Å². The second kappa shape index (κ2) is 4.33. The van der Waals surface area contributed by atoms with Gasteiger partial charge in [-0.2, -0.15) is 0 Å². The van der Waals surface area contributed by atoms with Crippen LogP contribution in [0.5, 0.6) is 0 Å². The third kappa shape index (κ3) is 1.41. The minimum absolute atomic E-state index is 0.300. The lowest BCUT2D eigenvalue weighted by atomic mass is 9.86. The van der Waals surface area contributed by atoms with Gasteiger partial charge in [-0.1, -0.05) is 59.7 Å². The van der Waals surface area contributed by atoms with E-state index in [1.807, 2.05) is 0 Å². The molecule has 1 aliphatic carbocycles. The van der Waals surface area contributed by atoms with Crippen LogP contribution in [0, 0.1) is 0 Å². The van der Waals surface area contributed by atoms with Crippen LogP contribution in [-0.2, 0) is 5.54 Å². The number of fused-ring (bicyclic) bond motifs is 1. The topological polar surface area (TPSA) is 82.9 Å². The highest BCUT2D eigenvalue weighted by atomic mass is 16.2. The first-order valence-corrected chi connectivity index (χ1v) is 6.02. The zero-order valence-electron chi connectivity index (χ0n) is 10.4. The number of azide groups is 1. The molecule has 0 aromatic heterocycles. The van der Waals surface area contributed by atoms with E-state index in [1.54, 1.807) is 54.6 Å². The van der Waals surface area contributed by atoms with Crippen LogP contribution in [0.3, 0.4) is 0 Å². The molecule has 0 fully saturated rings. The molecule has 0 bridgehead atoms. The fourth-order valence-electron chi connectivity index (χ4n) is 2.53. The second-order valence-electron chi connectivity index (χ2n) is 4.47. The number of hydrogen-bond acceptors (Lipinski definition) is 3. The van der Waals surface area contributed by atoms with E-state index in [9.17, 15) is 9.59 Å². The molecule has 0 radical (unpaired) electrons. The van der Waals surface area contributed by atoms with Crippen molar-refractivity contribution in [1.82, 2.24) is 0 Å². The lowest BCUT2D eigenvalue weighted by Crippen LogP contribution is -2.35. The molecule has 0 unspecified atom stereocenters. The average Bonchev–Trinajstić information content (AvgIpc) is 2.72. The third-order valence-electron chi connectivity index (χ3n) is 3.46. The average molecular weight is 263 g/mol. The predicted octanol–water partition coefficient (Wildman–Crippen LogP) is 3.27. The van der Waals surface area contributed by atoms with Crippen molar-refractivity contribution in [2.24, 2.45) is 5.11 Å². The smallest absolute Gasteiger partial charge is 0.199 e. The molecule has 3 rings (SSSR count). The van der Waals surface area contributed by atoms with Crippen molar-refractivity contribution in [3.63, 3.8) is 0 Å². The first-order valence-electron chi connectivity index (χ1n) is 6.02. The van der Waals surface area contributed by atoms with Crippen LogP contribution in [0.15, 0.2) is 59.7 Å². The lowest BCUT2D eigenvalue weighted by Gasteiger charge is -2.19. The van der Waals surface area contributed by atoms with E-state index in [0.29, 0.717) is 16.7 Å². The monoisotopic (exact) mass is 263 g/mol. The number of rotatable bonds is 2. The van der Waals surface area contributed by atoms with Crippen LogP contribution in [0.4, 0.5) is 0 Å². The first kappa shape index (κ1) is 12.1.